The molecule has 0 unspecified atom stereocenters. The number of primary amides is 1. The van der Waals surface area contributed by atoms with Crippen molar-refractivity contribution in [1.29, 1.82) is 0 Å². The van der Waals surface area contributed by atoms with E-state index in [0.29, 0.717) is 35.5 Å². The van der Waals surface area contributed by atoms with E-state index in [2.05, 4.69) is 26.0 Å². The van der Waals surface area contributed by atoms with Crippen LogP contribution in [-0.4, -0.2) is 51.7 Å². The van der Waals surface area contributed by atoms with E-state index in [0.717, 1.165) is 35.2 Å². The van der Waals surface area contributed by atoms with Crippen LogP contribution in [0.4, 0.5) is 0 Å². The number of hydrogen-bond donors (Lipinski definition) is 3. The molecule has 0 fully saturated rings. The number of pyridine rings is 2. The molecule has 11 nitrogen and oxygen atoms in total. The van der Waals surface area contributed by atoms with Crippen LogP contribution >= 0.6 is 0 Å². The van der Waals surface area contributed by atoms with Crippen molar-refractivity contribution >= 4 is 27.1 Å². The molecule has 1 aliphatic heterocycles. The van der Waals surface area contributed by atoms with Gasteiger partial charge in [0.2, 0.25) is 5.88 Å². The highest BCUT2D eigenvalue weighted by atomic mass is 32.2. The number of nitrogens with two attached hydrogens (primary N) is 1. The van der Waals surface area contributed by atoms with Crippen molar-refractivity contribution < 1.29 is 27.2 Å². The maximum atomic E-state index is 12.2. The van der Waals surface area contributed by atoms with Gasteiger partial charge < -0.3 is 20.2 Å². The summed E-state index contributed by atoms with van der Waals surface area (Å²) < 4.78 is 37.5. The predicted molar refractivity (Wildman–Crippen MR) is 128 cm³/mol. The zero-order valence-corrected chi connectivity index (χ0v) is 19.6. The van der Waals surface area contributed by atoms with Crippen LogP contribution in [0, 0.1) is 0 Å². The molecule has 35 heavy (non-hydrogen) atoms. The normalized spacial score (nSPS) is 12.7. The second-order valence-corrected chi connectivity index (χ2v) is 9.24. The second-order valence-electron chi connectivity index (χ2n) is 7.77. The zero-order chi connectivity index (χ0) is 25.0. The summed E-state index contributed by atoms with van der Waals surface area (Å²) in [6.07, 6.45) is 7.56. The first-order valence-corrected chi connectivity index (χ1v) is 12.4. The number of nitrogens with zero attached hydrogens (tertiary/aromatic N) is 3. The number of amides is 1. The highest BCUT2D eigenvalue weighted by Gasteiger charge is 2.22. The number of ether oxygens (including phenoxy) is 2. The molecule has 0 bridgehead atoms. The third-order valence-corrected chi connectivity index (χ3v) is 5.08. The van der Waals surface area contributed by atoms with Crippen LogP contribution in [0.2, 0.25) is 0 Å². The van der Waals surface area contributed by atoms with Crippen LogP contribution in [0.15, 0.2) is 49.1 Å². The first-order valence-electron chi connectivity index (χ1n) is 10.6. The summed E-state index contributed by atoms with van der Waals surface area (Å²) in [5, 5.41) is 0. The van der Waals surface area contributed by atoms with Crippen LogP contribution in [0.1, 0.15) is 28.0 Å². The zero-order valence-electron chi connectivity index (χ0n) is 18.8. The third kappa shape index (κ3) is 5.91. The topological polar surface area (TPSA) is 170 Å². The van der Waals surface area contributed by atoms with Crippen LogP contribution in [-0.2, 0) is 23.1 Å². The van der Waals surface area contributed by atoms with E-state index in [1.54, 1.807) is 18.5 Å². The number of aromatic amines is 1. The van der Waals surface area contributed by atoms with E-state index in [1.165, 1.54) is 6.33 Å². The fourth-order valence-electron chi connectivity index (χ4n) is 3.68. The molecule has 0 atom stereocenters. The highest BCUT2D eigenvalue weighted by molar-refractivity contribution is 7.85. The lowest BCUT2D eigenvalue weighted by atomic mass is 9.99. The molecule has 1 aliphatic rings. The molecule has 0 radical (unpaired) electrons. The van der Waals surface area contributed by atoms with Gasteiger partial charge in [-0.1, -0.05) is 6.07 Å². The minimum absolute atomic E-state index is 0.205. The number of rotatable bonds is 5. The van der Waals surface area contributed by atoms with E-state index in [9.17, 15) is 13.2 Å². The van der Waals surface area contributed by atoms with Gasteiger partial charge in [-0.2, -0.15) is 8.42 Å². The van der Waals surface area contributed by atoms with E-state index >= 15 is 0 Å². The number of aryl methyl sites for hydroxylation is 1. The Labute approximate surface area is 201 Å². The number of imidazole rings is 1. The van der Waals surface area contributed by atoms with Gasteiger partial charge in [0.1, 0.15) is 17.9 Å². The number of fused-ring (bicyclic) bond motifs is 2. The summed E-state index contributed by atoms with van der Waals surface area (Å²) >= 11 is 0. The minimum Gasteiger partial charge on any atom is -0.486 e. The Morgan fingerprint density at radius 3 is 2.77 bits per heavy atom. The Bertz CT molecular complexity index is 1460. The number of hydrogen-bond acceptors (Lipinski definition) is 8. The van der Waals surface area contributed by atoms with Gasteiger partial charge in [0.05, 0.1) is 35.9 Å². The second kappa shape index (κ2) is 10.1. The summed E-state index contributed by atoms with van der Waals surface area (Å²) in [6.45, 7) is 0.887. The van der Waals surface area contributed by atoms with Gasteiger partial charge in [-0.05, 0) is 37.1 Å². The molecule has 12 heteroatoms. The van der Waals surface area contributed by atoms with Crippen molar-refractivity contribution in [2.45, 2.75) is 19.4 Å². The van der Waals surface area contributed by atoms with Crippen molar-refractivity contribution in [3.63, 3.8) is 0 Å². The maximum absolute atomic E-state index is 12.2. The van der Waals surface area contributed by atoms with Crippen LogP contribution in [0.5, 0.6) is 11.6 Å². The van der Waals surface area contributed by atoms with Gasteiger partial charge in [0.25, 0.3) is 16.0 Å². The van der Waals surface area contributed by atoms with Crippen molar-refractivity contribution in [3.05, 3.63) is 65.9 Å². The van der Waals surface area contributed by atoms with Crippen LogP contribution in [0.25, 0.3) is 22.2 Å². The van der Waals surface area contributed by atoms with Gasteiger partial charge in [0.15, 0.2) is 0 Å². The lowest BCUT2D eigenvalue weighted by molar-refractivity contribution is 0.0997. The Kier molecular flexibility index (Phi) is 6.94. The number of carbonyl (C=O) groups excluding carboxylic acids is 1. The molecular formula is C23H23N5O6S. The van der Waals surface area contributed by atoms with Crippen molar-refractivity contribution in [2.75, 3.05) is 12.9 Å². The van der Waals surface area contributed by atoms with Gasteiger partial charge in [0, 0.05) is 29.1 Å². The molecule has 0 saturated heterocycles. The summed E-state index contributed by atoms with van der Waals surface area (Å²) in [7, 11) is -3.67. The molecule has 1 amide bonds. The molecule has 4 heterocycles. The Balaban J connectivity index is 0.000000527. The number of nitrogens with one attached hydrogen (secondary N) is 1. The Morgan fingerprint density at radius 1 is 1.26 bits per heavy atom. The monoisotopic (exact) mass is 497 g/mol. The highest BCUT2D eigenvalue weighted by Crippen LogP contribution is 2.37. The summed E-state index contributed by atoms with van der Waals surface area (Å²) in [5.41, 5.74) is 10.6. The molecule has 4 aromatic rings. The molecule has 0 aliphatic carbocycles. The molecule has 4 N–H and O–H groups in total. The smallest absolute Gasteiger partial charge is 0.261 e. The van der Waals surface area contributed by atoms with E-state index in [4.69, 9.17) is 19.8 Å². The number of carbonyl (C=O) groups is 1. The summed E-state index contributed by atoms with van der Waals surface area (Å²) in [5.74, 6) is 0.446. The minimum atomic E-state index is -3.67. The van der Waals surface area contributed by atoms with Gasteiger partial charge in [-0.15, -0.1) is 0 Å². The molecule has 1 aromatic carbocycles. The molecule has 3 aromatic heterocycles. The summed E-state index contributed by atoms with van der Waals surface area (Å²) in [4.78, 5) is 28.4. The third-order valence-electron chi connectivity index (χ3n) is 5.08. The standard InChI is InChI=1S/C22H19N5O3.CH4O3S/c23-21(28)18-17(30-11-15-5-1-2-6-24-15)9-16(19-20(18)27-12-26-19)14-8-13-4-3-7-29-22(13)25-10-14;1-5(2,3)4/h1-2,5-6,8-10,12H,3-4,7,11H2,(H2,23,28)(H,26,27);1H3,(H,2,3,4). The van der Waals surface area contributed by atoms with E-state index in [1.807, 2.05) is 18.2 Å². The molecule has 0 saturated carbocycles. The largest absolute Gasteiger partial charge is 0.486 e. The number of aromatic nitrogens is 4. The van der Waals surface area contributed by atoms with Gasteiger partial charge in [-0.3, -0.25) is 14.3 Å². The molecule has 182 valence electrons. The fourth-order valence-corrected chi connectivity index (χ4v) is 3.68. The molecule has 0 spiro atoms. The van der Waals surface area contributed by atoms with Crippen LogP contribution in [0.3, 0.4) is 0 Å². The fraction of sp³-hybridized carbons (Fsp3) is 0.217. The quantitative estimate of drug-likeness (QED) is 0.350. The predicted octanol–water partition coefficient (Wildman–Crippen LogP) is 2.53. The molecule has 5 rings (SSSR count). The average molecular weight is 498 g/mol. The number of H-pyrrole nitrogens is 1. The SMILES string of the molecule is CS(=O)(=O)O.NC(=O)c1c(OCc2ccccn2)cc(-c2cnc3c(c2)CCCO3)c2nc[nH]c12. The molecular weight excluding hydrogens is 474 g/mol. The average Bonchev–Trinajstić information content (AvgIpc) is 3.30. The summed E-state index contributed by atoms with van der Waals surface area (Å²) in [6, 6.07) is 9.41. The van der Waals surface area contributed by atoms with E-state index < -0.39 is 16.0 Å². The first-order chi connectivity index (χ1) is 16.7. The Morgan fingerprint density at radius 2 is 2.06 bits per heavy atom. The van der Waals surface area contributed by atoms with E-state index in [-0.39, 0.29) is 12.2 Å². The van der Waals surface area contributed by atoms with Gasteiger partial charge in [-0.25, -0.2) is 9.97 Å². The number of benzene rings is 1. The lowest BCUT2D eigenvalue weighted by Crippen LogP contribution is -2.14. The van der Waals surface area contributed by atoms with Crippen molar-refractivity contribution in [2.24, 2.45) is 5.73 Å². The lowest BCUT2D eigenvalue weighted by Gasteiger charge is -2.17. The maximum Gasteiger partial charge on any atom is 0.261 e. The van der Waals surface area contributed by atoms with Crippen LogP contribution < -0.4 is 15.2 Å². The Hall–Kier alpha value is -4.03. The first kappa shape index (κ1) is 24.1. The van der Waals surface area contributed by atoms with Gasteiger partial charge >= 0.3 is 0 Å². The van der Waals surface area contributed by atoms with Crippen molar-refractivity contribution in [1.82, 2.24) is 19.9 Å². The van der Waals surface area contributed by atoms with Crippen molar-refractivity contribution in [3.8, 4) is 22.8 Å².